The molecule has 0 aromatic heterocycles. The summed E-state index contributed by atoms with van der Waals surface area (Å²) in [6.07, 6.45) is -4.38. The van der Waals surface area contributed by atoms with Crippen LogP contribution in [0.5, 0.6) is 5.75 Å². The van der Waals surface area contributed by atoms with Gasteiger partial charge in [0, 0.05) is 30.6 Å². The molecule has 3 amide bonds. The monoisotopic (exact) mass is 465 g/mol. The Morgan fingerprint density at radius 2 is 1.70 bits per heavy atom. The molecule has 2 atom stereocenters. The highest BCUT2D eigenvalue weighted by Gasteiger charge is 2.33. The molecule has 0 radical (unpaired) electrons. The Morgan fingerprint density at radius 1 is 1.03 bits per heavy atom. The first-order valence-electron chi connectivity index (χ1n) is 10.1. The molecular weight excluding hydrogens is 443 g/mol. The van der Waals surface area contributed by atoms with E-state index in [-0.39, 0.29) is 30.7 Å². The van der Waals surface area contributed by atoms with Gasteiger partial charge < -0.3 is 25.4 Å². The predicted octanol–water partition coefficient (Wildman–Crippen LogP) is 2.97. The first kappa shape index (κ1) is 23.9. The van der Waals surface area contributed by atoms with Crippen LogP contribution in [0.15, 0.2) is 54.6 Å². The van der Waals surface area contributed by atoms with E-state index in [0.29, 0.717) is 17.5 Å². The summed E-state index contributed by atoms with van der Waals surface area (Å²) in [4.78, 5) is 37.2. The number of carboxylic acid groups (broad SMARTS) is 1. The van der Waals surface area contributed by atoms with E-state index in [1.165, 1.54) is 29.2 Å². The molecule has 33 heavy (non-hydrogen) atoms. The van der Waals surface area contributed by atoms with Crippen molar-refractivity contribution in [2.24, 2.45) is 0 Å². The maximum Gasteiger partial charge on any atom is 0.573 e. The van der Waals surface area contributed by atoms with Crippen LogP contribution in [0.3, 0.4) is 0 Å². The molecular formula is C22H22F3N3O5. The van der Waals surface area contributed by atoms with Gasteiger partial charge in [0.1, 0.15) is 12.3 Å². The maximum absolute atomic E-state index is 12.6. The maximum atomic E-state index is 12.6. The Kier molecular flexibility index (Phi) is 7.41. The molecule has 3 N–H and O–H groups in total. The predicted molar refractivity (Wildman–Crippen MR) is 111 cm³/mol. The highest BCUT2D eigenvalue weighted by Crippen LogP contribution is 2.30. The molecule has 0 saturated carbocycles. The summed E-state index contributed by atoms with van der Waals surface area (Å²) in [5, 5.41) is 14.0. The van der Waals surface area contributed by atoms with E-state index in [0.717, 1.165) is 0 Å². The Morgan fingerprint density at radius 3 is 2.30 bits per heavy atom. The number of hydrogen-bond acceptors (Lipinski definition) is 4. The molecule has 2 aromatic rings. The van der Waals surface area contributed by atoms with Crippen LogP contribution in [-0.2, 0) is 4.79 Å². The lowest BCUT2D eigenvalue weighted by Crippen LogP contribution is -2.54. The van der Waals surface area contributed by atoms with E-state index in [1.807, 2.05) is 0 Å². The average Bonchev–Trinajstić information content (AvgIpc) is 2.77. The van der Waals surface area contributed by atoms with Gasteiger partial charge in [-0.1, -0.05) is 30.3 Å². The van der Waals surface area contributed by atoms with Crippen LogP contribution in [0.1, 0.15) is 28.3 Å². The number of likely N-dealkylation sites (tertiary alicyclic amines) is 1. The van der Waals surface area contributed by atoms with E-state index in [4.69, 9.17) is 5.11 Å². The standard InChI is InChI=1S/C22H22F3N3O5/c23-22(24,25)33-18-8-6-14(7-9-18)16-10-17(27-20(31)15-4-2-1-3-5-15)13-28(12-16)21(32)26-11-19(29)30/h1-9,16-17H,10-13H2,(H,26,32)(H,27,31)(H,29,30). The minimum Gasteiger partial charge on any atom is -0.480 e. The number of carbonyl (C=O) groups excluding carboxylic acids is 2. The van der Waals surface area contributed by atoms with Gasteiger partial charge >= 0.3 is 18.4 Å². The minimum atomic E-state index is -4.81. The quantitative estimate of drug-likeness (QED) is 0.608. The fraction of sp³-hybridized carbons (Fsp3) is 0.318. The highest BCUT2D eigenvalue weighted by molar-refractivity contribution is 5.94. The Labute approximate surface area is 187 Å². The number of halogens is 3. The van der Waals surface area contributed by atoms with Crippen LogP contribution in [0.4, 0.5) is 18.0 Å². The summed E-state index contributed by atoms with van der Waals surface area (Å²) in [5.41, 5.74) is 1.09. The molecule has 2 unspecified atom stereocenters. The molecule has 11 heteroatoms. The summed E-state index contributed by atoms with van der Waals surface area (Å²) in [5.74, 6) is -2.21. The van der Waals surface area contributed by atoms with E-state index in [2.05, 4.69) is 15.4 Å². The number of benzene rings is 2. The van der Waals surface area contributed by atoms with Gasteiger partial charge in [0.2, 0.25) is 0 Å². The number of hydrogen-bond donors (Lipinski definition) is 3. The van der Waals surface area contributed by atoms with Crippen LogP contribution in [0, 0.1) is 0 Å². The lowest BCUT2D eigenvalue weighted by Gasteiger charge is -2.38. The number of alkyl halides is 3. The smallest absolute Gasteiger partial charge is 0.480 e. The molecule has 2 aromatic carbocycles. The van der Waals surface area contributed by atoms with Gasteiger partial charge in [-0.3, -0.25) is 9.59 Å². The number of amides is 3. The Bertz CT molecular complexity index is 983. The highest BCUT2D eigenvalue weighted by atomic mass is 19.4. The number of nitrogens with one attached hydrogen (secondary N) is 2. The first-order chi connectivity index (χ1) is 15.6. The second kappa shape index (κ2) is 10.2. The lowest BCUT2D eigenvalue weighted by molar-refractivity contribution is -0.274. The molecule has 1 fully saturated rings. The number of urea groups is 1. The lowest BCUT2D eigenvalue weighted by atomic mass is 9.88. The zero-order valence-corrected chi connectivity index (χ0v) is 17.3. The van der Waals surface area contributed by atoms with Crippen molar-refractivity contribution >= 4 is 17.9 Å². The molecule has 1 aliphatic heterocycles. The molecule has 1 saturated heterocycles. The fourth-order valence-electron chi connectivity index (χ4n) is 3.67. The normalized spacial score (nSPS) is 18.3. The molecule has 0 aliphatic carbocycles. The second-order valence-corrected chi connectivity index (χ2v) is 7.54. The number of ether oxygens (including phenoxy) is 1. The van der Waals surface area contributed by atoms with Gasteiger partial charge in [-0.05, 0) is 36.2 Å². The van der Waals surface area contributed by atoms with Crippen molar-refractivity contribution in [2.45, 2.75) is 24.7 Å². The number of piperidine rings is 1. The second-order valence-electron chi connectivity index (χ2n) is 7.54. The number of nitrogens with zero attached hydrogens (tertiary/aromatic N) is 1. The molecule has 3 rings (SSSR count). The fourth-order valence-corrected chi connectivity index (χ4v) is 3.67. The van der Waals surface area contributed by atoms with Crippen LogP contribution >= 0.6 is 0 Å². The third-order valence-electron chi connectivity index (χ3n) is 5.08. The molecule has 8 nitrogen and oxygen atoms in total. The van der Waals surface area contributed by atoms with Crippen molar-refractivity contribution in [3.05, 3.63) is 65.7 Å². The molecule has 1 heterocycles. The van der Waals surface area contributed by atoms with Crippen molar-refractivity contribution in [2.75, 3.05) is 19.6 Å². The third-order valence-corrected chi connectivity index (χ3v) is 5.08. The molecule has 176 valence electrons. The Hall–Kier alpha value is -3.76. The summed E-state index contributed by atoms with van der Waals surface area (Å²) in [6.45, 7) is -0.219. The zero-order valence-electron chi connectivity index (χ0n) is 17.3. The van der Waals surface area contributed by atoms with Crippen molar-refractivity contribution in [1.29, 1.82) is 0 Å². The van der Waals surface area contributed by atoms with Crippen molar-refractivity contribution in [3.63, 3.8) is 0 Å². The minimum absolute atomic E-state index is 0.149. The first-order valence-corrected chi connectivity index (χ1v) is 10.1. The van der Waals surface area contributed by atoms with Crippen LogP contribution < -0.4 is 15.4 Å². The van der Waals surface area contributed by atoms with Gasteiger partial charge in [0.15, 0.2) is 0 Å². The van der Waals surface area contributed by atoms with E-state index in [9.17, 15) is 27.6 Å². The van der Waals surface area contributed by atoms with Crippen molar-refractivity contribution < 1.29 is 37.4 Å². The van der Waals surface area contributed by atoms with Gasteiger partial charge in [-0.15, -0.1) is 13.2 Å². The van der Waals surface area contributed by atoms with Crippen LogP contribution in [0.25, 0.3) is 0 Å². The Balaban J connectivity index is 1.76. The summed E-state index contributed by atoms with van der Waals surface area (Å²) >= 11 is 0. The van der Waals surface area contributed by atoms with Crippen molar-refractivity contribution in [1.82, 2.24) is 15.5 Å². The van der Waals surface area contributed by atoms with Gasteiger partial charge in [0.25, 0.3) is 5.91 Å². The molecule has 1 aliphatic rings. The summed E-state index contributed by atoms with van der Waals surface area (Å²) in [6, 6.07) is 12.7. The number of aliphatic carboxylic acids is 1. The van der Waals surface area contributed by atoms with E-state index in [1.54, 1.807) is 30.3 Å². The van der Waals surface area contributed by atoms with E-state index < -0.39 is 30.9 Å². The number of carbonyl (C=O) groups is 3. The molecule has 0 bridgehead atoms. The van der Waals surface area contributed by atoms with Crippen LogP contribution in [-0.4, -0.2) is 60.0 Å². The number of carboxylic acids is 1. The van der Waals surface area contributed by atoms with Gasteiger partial charge in [-0.25, -0.2) is 4.79 Å². The zero-order chi connectivity index (χ0) is 24.0. The number of rotatable bonds is 6. The third kappa shape index (κ3) is 7.13. The summed E-state index contributed by atoms with van der Waals surface area (Å²) < 4.78 is 41.2. The molecule has 0 spiro atoms. The van der Waals surface area contributed by atoms with Crippen LogP contribution in [0.2, 0.25) is 0 Å². The van der Waals surface area contributed by atoms with Crippen molar-refractivity contribution in [3.8, 4) is 5.75 Å². The topological polar surface area (TPSA) is 108 Å². The van der Waals surface area contributed by atoms with Gasteiger partial charge in [-0.2, -0.15) is 0 Å². The van der Waals surface area contributed by atoms with E-state index >= 15 is 0 Å². The average molecular weight is 465 g/mol. The largest absolute Gasteiger partial charge is 0.573 e. The SMILES string of the molecule is O=C(O)CNC(=O)N1CC(NC(=O)c2ccccc2)CC(c2ccc(OC(F)(F)F)cc2)C1. The van der Waals surface area contributed by atoms with Gasteiger partial charge in [0.05, 0.1) is 0 Å². The summed E-state index contributed by atoms with van der Waals surface area (Å²) in [7, 11) is 0.